The average molecular weight is 324 g/mol. The molecule has 5 nitrogen and oxygen atoms in total. The molecule has 0 saturated carbocycles. The van der Waals surface area contributed by atoms with Crippen molar-refractivity contribution in [2.45, 2.75) is 19.3 Å². The maximum atomic E-state index is 12.5. The molecule has 5 heteroatoms. The van der Waals surface area contributed by atoms with E-state index < -0.39 is 0 Å². The van der Waals surface area contributed by atoms with Crippen LogP contribution in [-0.4, -0.2) is 25.5 Å². The second-order valence-electron chi connectivity index (χ2n) is 5.73. The zero-order chi connectivity index (χ0) is 16.9. The summed E-state index contributed by atoms with van der Waals surface area (Å²) in [5.74, 6) is 0.232. The second-order valence-corrected chi connectivity index (χ2v) is 5.73. The Labute approximate surface area is 141 Å². The maximum Gasteiger partial charge on any atom is 0.236 e. The highest BCUT2D eigenvalue weighted by atomic mass is 16.5. The fourth-order valence-electron chi connectivity index (χ4n) is 2.90. The maximum absolute atomic E-state index is 12.5. The lowest BCUT2D eigenvalue weighted by molar-refractivity contribution is -0.125. The highest BCUT2D eigenvalue weighted by Crippen LogP contribution is 2.27. The number of methoxy groups -OCH3 is 1. The summed E-state index contributed by atoms with van der Waals surface area (Å²) in [6.45, 7) is 0.658. The zero-order valence-electron chi connectivity index (χ0n) is 13.6. The lowest BCUT2D eigenvalue weighted by atomic mass is 10.0. The van der Waals surface area contributed by atoms with E-state index in [0.29, 0.717) is 18.0 Å². The number of rotatable bonds is 4. The van der Waals surface area contributed by atoms with Gasteiger partial charge in [0.2, 0.25) is 11.8 Å². The summed E-state index contributed by atoms with van der Waals surface area (Å²) in [4.78, 5) is 26.4. The van der Waals surface area contributed by atoms with Crippen molar-refractivity contribution in [2.24, 2.45) is 0 Å². The number of benzene rings is 2. The van der Waals surface area contributed by atoms with Crippen LogP contribution in [0.25, 0.3) is 0 Å². The van der Waals surface area contributed by atoms with Crippen LogP contribution < -0.4 is 15.0 Å². The third-order valence-electron chi connectivity index (χ3n) is 4.10. The minimum atomic E-state index is -0.312. The molecule has 0 atom stereocenters. The van der Waals surface area contributed by atoms with Crippen LogP contribution in [0.3, 0.4) is 0 Å². The first-order valence-corrected chi connectivity index (χ1v) is 7.99. The van der Waals surface area contributed by atoms with Gasteiger partial charge in [-0.3, -0.25) is 9.59 Å². The van der Waals surface area contributed by atoms with Crippen LogP contribution in [-0.2, 0) is 16.0 Å². The molecule has 0 radical (unpaired) electrons. The number of hydrogen-bond donors (Lipinski definition) is 1. The number of anilines is 2. The number of amides is 2. The van der Waals surface area contributed by atoms with Gasteiger partial charge in [-0.2, -0.15) is 0 Å². The lowest BCUT2D eigenvalue weighted by Gasteiger charge is -2.29. The molecule has 1 N–H and O–H groups in total. The van der Waals surface area contributed by atoms with Gasteiger partial charge >= 0.3 is 0 Å². The lowest BCUT2D eigenvalue weighted by Crippen LogP contribution is -2.37. The van der Waals surface area contributed by atoms with Crippen LogP contribution in [0.2, 0.25) is 0 Å². The van der Waals surface area contributed by atoms with Gasteiger partial charge in [-0.05, 0) is 48.7 Å². The molecule has 0 aliphatic carbocycles. The summed E-state index contributed by atoms with van der Waals surface area (Å²) in [7, 11) is 1.59. The summed E-state index contributed by atoms with van der Waals surface area (Å²) in [5, 5.41) is 2.75. The van der Waals surface area contributed by atoms with E-state index in [2.05, 4.69) is 5.32 Å². The van der Waals surface area contributed by atoms with Crippen LogP contribution in [0.5, 0.6) is 5.75 Å². The van der Waals surface area contributed by atoms with Gasteiger partial charge in [0.15, 0.2) is 0 Å². The van der Waals surface area contributed by atoms with Gasteiger partial charge < -0.3 is 15.0 Å². The van der Waals surface area contributed by atoms with E-state index in [-0.39, 0.29) is 18.2 Å². The number of fused-ring (bicyclic) bond motifs is 1. The van der Waals surface area contributed by atoms with Gasteiger partial charge in [0.1, 0.15) is 12.2 Å². The number of carbonyl (C=O) groups is 2. The Hall–Kier alpha value is -2.82. The molecule has 2 aromatic rings. The summed E-state index contributed by atoms with van der Waals surface area (Å²) in [5.41, 5.74) is 2.73. The van der Waals surface area contributed by atoms with Crippen LogP contribution in [0.1, 0.15) is 18.4 Å². The predicted molar refractivity (Wildman–Crippen MR) is 93.4 cm³/mol. The topological polar surface area (TPSA) is 58.6 Å². The normalized spacial score (nSPS) is 13.1. The molecular weight excluding hydrogens is 304 g/mol. The first-order chi connectivity index (χ1) is 11.7. The second kappa shape index (κ2) is 7.17. The molecule has 1 heterocycles. The summed E-state index contributed by atoms with van der Waals surface area (Å²) < 4.78 is 5.08. The minimum Gasteiger partial charge on any atom is -0.497 e. The predicted octanol–water partition coefficient (Wildman–Crippen LogP) is 3.00. The number of para-hydroxylation sites is 1. The molecule has 0 aromatic heterocycles. The van der Waals surface area contributed by atoms with E-state index >= 15 is 0 Å². The minimum absolute atomic E-state index is 0.166. The Morgan fingerprint density at radius 3 is 2.62 bits per heavy atom. The molecule has 0 fully saturated rings. The fourth-order valence-corrected chi connectivity index (χ4v) is 2.90. The number of nitrogens with zero attached hydrogens (tertiary/aromatic N) is 1. The largest absolute Gasteiger partial charge is 0.497 e. The van der Waals surface area contributed by atoms with E-state index in [4.69, 9.17) is 4.74 Å². The first kappa shape index (κ1) is 16.1. The van der Waals surface area contributed by atoms with E-state index in [1.165, 1.54) is 0 Å². The van der Waals surface area contributed by atoms with Crippen molar-refractivity contribution in [2.75, 3.05) is 23.9 Å². The molecule has 2 amide bonds. The number of hydrogen-bond acceptors (Lipinski definition) is 3. The third kappa shape index (κ3) is 3.56. The number of aryl methyl sites for hydroxylation is 1. The molecule has 3 rings (SSSR count). The quantitative estimate of drug-likeness (QED) is 0.880. The molecule has 124 valence electrons. The zero-order valence-corrected chi connectivity index (χ0v) is 13.6. The summed E-state index contributed by atoms with van der Waals surface area (Å²) in [6.07, 6.45) is 1.72. The van der Waals surface area contributed by atoms with Crippen molar-refractivity contribution in [3.8, 4) is 5.75 Å². The van der Waals surface area contributed by atoms with Crippen molar-refractivity contribution in [1.29, 1.82) is 0 Å². The van der Waals surface area contributed by atoms with Crippen LogP contribution >= 0.6 is 0 Å². The number of nitrogens with one attached hydrogen (secondary N) is 1. The highest BCUT2D eigenvalue weighted by molar-refractivity contribution is 6.09. The van der Waals surface area contributed by atoms with Crippen LogP contribution in [0.15, 0.2) is 48.5 Å². The van der Waals surface area contributed by atoms with Crippen LogP contribution in [0, 0.1) is 0 Å². The van der Waals surface area contributed by atoms with E-state index in [1.54, 1.807) is 36.3 Å². The average Bonchev–Trinajstić information content (AvgIpc) is 2.61. The molecule has 1 aliphatic rings. The summed E-state index contributed by atoms with van der Waals surface area (Å²) in [6, 6.07) is 14.9. The van der Waals surface area contributed by atoms with Crippen molar-refractivity contribution < 1.29 is 14.3 Å². The summed E-state index contributed by atoms with van der Waals surface area (Å²) >= 11 is 0. The van der Waals surface area contributed by atoms with Gasteiger partial charge in [-0.25, -0.2) is 0 Å². The molecule has 2 aromatic carbocycles. The molecule has 0 spiro atoms. The van der Waals surface area contributed by atoms with E-state index in [1.807, 2.05) is 24.3 Å². The van der Waals surface area contributed by atoms with Gasteiger partial charge in [-0.15, -0.1) is 0 Å². The van der Waals surface area contributed by atoms with E-state index in [0.717, 1.165) is 24.1 Å². The van der Waals surface area contributed by atoms with Crippen molar-refractivity contribution in [1.82, 2.24) is 0 Å². The van der Waals surface area contributed by atoms with Gasteiger partial charge in [0.05, 0.1) is 7.11 Å². The Kier molecular flexibility index (Phi) is 4.79. The SMILES string of the molecule is COc1ccc(NC(=O)CC(=O)N2CCCc3ccccc32)cc1. The monoisotopic (exact) mass is 324 g/mol. The number of carbonyl (C=O) groups excluding carboxylic acids is 2. The first-order valence-electron chi connectivity index (χ1n) is 7.99. The Morgan fingerprint density at radius 2 is 1.88 bits per heavy atom. The molecule has 0 bridgehead atoms. The molecule has 0 unspecified atom stereocenters. The number of ether oxygens (including phenoxy) is 1. The standard InChI is InChI=1S/C19H20N2O3/c1-24-16-10-8-15(9-11-16)20-18(22)13-19(23)21-12-4-6-14-5-2-3-7-17(14)21/h2-3,5,7-11H,4,6,12-13H2,1H3,(H,20,22). The van der Waals surface area contributed by atoms with Crippen molar-refractivity contribution >= 4 is 23.2 Å². The van der Waals surface area contributed by atoms with E-state index in [9.17, 15) is 9.59 Å². The van der Waals surface area contributed by atoms with Crippen molar-refractivity contribution in [3.05, 3.63) is 54.1 Å². The van der Waals surface area contributed by atoms with Crippen LogP contribution in [0.4, 0.5) is 11.4 Å². The van der Waals surface area contributed by atoms with Crippen molar-refractivity contribution in [3.63, 3.8) is 0 Å². The molecule has 1 aliphatic heterocycles. The Bertz CT molecular complexity index is 741. The molecule has 24 heavy (non-hydrogen) atoms. The Morgan fingerprint density at radius 1 is 1.12 bits per heavy atom. The smallest absolute Gasteiger partial charge is 0.236 e. The fraction of sp³-hybridized carbons (Fsp3) is 0.263. The molecule has 0 saturated heterocycles. The van der Waals surface area contributed by atoms with Gasteiger partial charge in [0, 0.05) is 17.9 Å². The highest BCUT2D eigenvalue weighted by Gasteiger charge is 2.23. The van der Waals surface area contributed by atoms with Gasteiger partial charge in [0.25, 0.3) is 0 Å². The third-order valence-corrected chi connectivity index (χ3v) is 4.10. The Balaban J connectivity index is 1.63. The van der Waals surface area contributed by atoms with Gasteiger partial charge in [-0.1, -0.05) is 18.2 Å². The molecular formula is C19H20N2O3.